The molecule has 7 nitrogen and oxygen atoms in total. The Balaban J connectivity index is 2.28. The molecule has 1 aliphatic heterocycles. The highest BCUT2D eigenvalue weighted by atomic mass is 16.5. The molecule has 1 saturated heterocycles. The van der Waals surface area contributed by atoms with Crippen molar-refractivity contribution in [2.45, 2.75) is 13.3 Å². The lowest BCUT2D eigenvalue weighted by Gasteiger charge is -2.40. The van der Waals surface area contributed by atoms with E-state index in [9.17, 15) is 9.90 Å². The number of hydrogen-bond donors (Lipinski definition) is 1. The Hall–Kier alpha value is -1.73. The van der Waals surface area contributed by atoms with Crippen LogP contribution in [0.15, 0.2) is 23.4 Å². The summed E-state index contributed by atoms with van der Waals surface area (Å²) in [6.45, 7) is 6.61. The van der Waals surface area contributed by atoms with E-state index in [2.05, 4.69) is 16.8 Å². The van der Waals surface area contributed by atoms with E-state index in [-0.39, 0.29) is 12.3 Å². The lowest BCUT2D eigenvalue weighted by Crippen LogP contribution is -2.49. The minimum absolute atomic E-state index is 0.109. The number of carbonyl (C=O) groups is 1. The fraction of sp³-hybridized carbons (Fsp3) is 0.722. The van der Waals surface area contributed by atoms with Crippen LogP contribution in [0, 0.1) is 11.3 Å². The number of allylic oxidation sites excluding steroid dienone is 1. The van der Waals surface area contributed by atoms with Crippen molar-refractivity contribution in [3.05, 3.63) is 23.4 Å². The van der Waals surface area contributed by atoms with Crippen molar-refractivity contribution in [1.82, 2.24) is 9.80 Å². The van der Waals surface area contributed by atoms with Crippen molar-refractivity contribution < 1.29 is 24.1 Å². The van der Waals surface area contributed by atoms with Gasteiger partial charge in [0.2, 0.25) is 0 Å². The highest BCUT2D eigenvalue weighted by Gasteiger charge is 2.48. The second-order valence-corrected chi connectivity index (χ2v) is 6.90. The van der Waals surface area contributed by atoms with E-state index in [1.807, 2.05) is 6.92 Å². The average Bonchev–Trinajstić information content (AvgIpc) is 2.61. The average molecular weight is 354 g/mol. The molecule has 2 unspecified atom stereocenters. The number of nitrogens with zero attached hydrogens (tertiary/aromatic N) is 2. The third kappa shape index (κ3) is 3.93. The predicted octanol–water partition coefficient (Wildman–Crippen LogP) is 1.38. The number of aliphatic carboxylic acids is 1. The first-order valence-electron chi connectivity index (χ1n) is 8.60. The molecule has 1 aliphatic carbocycles. The number of ether oxygens (including phenoxy) is 3. The van der Waals surface area contributed by atoms with Gasteiger partial charge in [-0.1, -0.05) is 6.92 Å². The monoisotopic (exact) mass is 354 g/mol. The topological polar surface area (TPSA) is 71.5 Å². The summed E-state index contributed by atoms with van der Waals surface area (Å²) in [6, 6.07) is 0. The maximum absolute atomic E-state index is 12.3. The van der Waals surface area contributed by atoms with Crippen molar-refractivity contribution in [2.24, 2.45) is 11.3 Å². The summed E-state index contributed by atoms with van der Waals surface area (Å²) in [6.07, 6.45) is 1.95. The highest BCUT2D eigenvalue weighted by molar-refractivity contribution is 5.79. The molecular formula is C18H30N2O5. The molecule has 25 heavy (non-hydrogen) atoms. The van der Waals surface area contributed by atoms with Gasteiger partial charge in [-0.2, -0.15) is 0 Å². The number of rotatable bonds is 7. The van der Waals surface area contributed by atoms with E-state index in [4.69, 9.17) is 14.2 Å². The van der Waals surface area contributed by atoms with Gasteiger partial charge in [0.05, 0.1) is 21.3 Å². The van der Waals surface area contributed by atoms with Gasteiger partial charge >= 0.3 is 5.97 Å². The Bertz CT molecular complexity index is 552. The summed E-state index contributed by atoms with van der Waals surface area (Å²) in [7, 11) is 6.69. The molecule has 1 N–H and O–H groups in total. The first-order chi connectivity index (χ1) is 11.9. The molecule has 0 bridgehead atoms. The van der Waals surface area contributed by atoms with Crippen LogP contribution in [-0.2, 0) is 19.0 Å². The number of hydrogen-bond acceptors (Lipinski definition) is 6. The maximum atomic E-state index is 12.3. The standard InChI is InChI=1S/C18H30N2O5/c1-13(12-20-8-6-19(2)7-9-20)18(17(21)22)10-14(23-3)16(25-5)15(11-18)24-4/h10,13H,6-9,11-12H2,1-5H3,(H,21,22). The van der Waals surface area contributed by atoms with Crippen molar-refractivity contribution >= 4 is 5.97 Å². The predicted molar refractivity (Wildman–Crippen MR) is 93.9 cm³/mol. The zero-order valence-electron chi connectivity index (χ0n) is 15.9. The molecule has 2 atom stereocenters. The van der Waals surface area contributed by atoms with Gasteiger partial charge in [-0.25, -0.2) is 0 Å². The van der Waals surface area contributed by atoms with E-state index < -0.39 is 11.4 Å². The van der Waals surface area contributed by atoms with E-state index >= 15 is 0 Å². The van der Waals surface area contributed by atoms with Crippen LogP contribution in [0.2, 0.25) is 0 Å². The van der Waals surface area contributed by atoms with Gasteiger partial charge in [-0.3, -0.25) is 4.79 Å². The smallest absolute Gasteiger partial charge is 0.314 e. The summed E-state index contributed by atoms with van der Waals surface area (Å²) in [4.78, 5) is 16.9. The van der Waals surface area contributed by atoms with Gasteiger partial charge in [-0.15, -0.1) is 0 Å². The minimum Gasteiger partial charge on any atom is -0.497 e. The summed E-state index contributed by atoms with van der Waals surface area (Å²) in [5, 5.41) is 10.1. The van der Waals surface area contributed by atoms with E-state index in [0.29, 0.717) is 23.8 Å². The quantitative estimate of drug-likeness (QED) is 0.740. The number of methoxy groups -OCH3 is 3. The van der Waals surface area contributed by atoms with Crippen LogP contribution < -0.4 is 0 Å². The first kappa shape index (κ1) is 19.6. The van der Waals surface area contributed by atoms with Crippen molar-refractivity contribution in [1.29, 1.82) is 0 Å². The van der Waals surface area contributed by atoms with Gasteiger partial charge in [-0.05, 0) is 19.0 Å². The van der Waals surface area contributed by atoms with E-state index in [0.717, 1.165) is 26.2 Å². The number of carboxylic acid groups (broad SMARTS) is 1. The van der Waals surface area contributed by atoms with Gasteiger partial charge in [0.25, 0.3) is 0 Å². The van der Waals surface area contributed by atoms with Crippen LogP contribution in [0.5, 0.6) is 0 Å². The molecule has 2 aliphatic rings. The fourth-order valence-electron chi connectivity index (χ4n) is 3.61. The molecule has 2 rings (SSSR count). The summed E-state index contributed by atoms with van der Waals surface area (Å²) in [5.74, 6) is 0.414. The van der Waals surface area contributed by atoms with E-state index in [1.54, 1.807) is 6.08 Å². The second kappa shape index (κ2) is 8.10. The Kier molecular flexibility index (Phi) is 6.35. The molecule has 7 heteroatoms. The van der Waals surface area contributed by atoms with Crippen LogP contribution in [0.3, 0.4) is 0 Å². The Morgan fingerprint density at radius 2 is 1.84 bits per heavy atom. The molecule has 0 spiro atoms. The van der Waals surface area contributed by atoms with Crippen molar-refractivity contribution in [3.8, 4) is 0 Å². The molecule has 0 aromatic rings. The molecule has 0 aromatic carbocycles. The third-order valence-electron chi connectivity index (χ3n) is 5.39. The Labute approximate surface area is 149 Å². The van der Waals surface area contributed by atoms with Crippen molar-refractivity contribution in [2.75, 3.05) is 61.1 Å². The SMILES string of the molecule is COC1=CC(C(=O)O)(C(C)CN2CCN(C)CC2)CC(OC)=C1OC. The summed E-state index contributed by atoms with van der Waals surface area (Å²) < 4.78 is 16.2. The van der Waals surface area contributed by atoms with Crippen molar-refractivity contribution in [3.63, 3.8) is 0 Å². The number of piperazine rings is 1. The normalized spacial score (nSPS) is 26.8. The second-order valence-electron chi connectivity index (χ2n) is 6.90. The minimum atomic E-state index is -1.08. The van der Waals surface area contributed by atoms with Gasteiger partial charge in [0.1, 0.15) is 11.2 Å². The van der Waals surface area contributed by atoms with Gasteiger partial charge < -0.3 is 29.1 Å². The Morgan fingerprint density at radius 3 is 2.32 bits per heavy atom. The first-order valence-corrected chi connectivity index (χ1v) is 8.60. The van der Waals surface area contributed by atoms with Crippen LogP contribution in [0.4, 0.5) is 0 Å². The Morgan fingerprint density at radius 1 is 1.20 bits per heavy atom. The molecule has 1 heterocycles. The van der Waals surface area contributed by atoms with Crippen LogP contribution in [0.25, 0.3) is 0 Å². The van der Waals surface area contributed by atoms with Crippen LogP contribution in [0.1, 0.15) is 13.3 Å². The van der Waals surface area contributed by atoms with Gasteiger partial charge in [0.15, 0.2) is 11.5 Å². The van der Waals surface area contributed by atoms with Crippen LogP contribution in [-0.4, -0.2) is 82.0 Å². The van der Waals surface area contributed by atoms with Crippen LogP contribution >= 0.6 is 0 Å². The molecular weight excluding hydrogens is 324 g/mol. The third-order valence-corrected chi connectivity index (χ3v) is 5.39. The maximum Gasteiger partial charge on any atom is 0.314 e. The number of likely N-dealkylation sites (N-methyl/N-ethyl adjacent to an activating group) is 1. The largest absolute Gasteiger partial charge is 0.497 e. The fourth-order valence-corrected chi connectivity index (χ4v) is 3.61. The zero-order chi connectivity index (χ0) is 18.6. The van der Waals surface area contributed by atoms with E-state index in [1.165, 1.54) is 21.3 Å². The molecule has 0 aromatic heterocycles. The molecule has 0 amide bonds. The number of carboxylic acids is 1. The summed E-state index contributed by atoms with van der Waals surface area (Å²) in [5.41, 5.74) is -1.08. The molecule has 0 radical (unpaired) electrons. The molecule has 142 valence electrons. The summed E-state index contributed by atoms with van der Waals surface area (Å²) >= 11 is 0. The zero-order valence-corrected chi connectivity index (χ0v) is 15.9. The molecule has 0 saturated carbocycles. The lowest BCUT2D eigenvalue weighted by molar-refractivity contribution is -0.150. The highest BCUT2D eigenvalue weighted by Crippen LogP contribution is 2.44. The van der Waals surface area contributed by atoms with Gasteiger partial charge in [0, 0.05) is 39.1 Å². The molecule has 1 fully saturated rings. The lowest BCUT2D eigenvalue weighted by atomic mass is 9.70.